The van der Waals surface area contributed by atoms with Gasteiger partial charge >= 0.3 is 0 Å². The SMILES string of the molecule is O=C(NN1C(=O)/C(=C/c2ccccn2)SC1=S)c1ccccc1O. The summed E-state index contributed by atoms with van der Waals surface area (Å²) in [4.78, 5) is 29.1. The number of rotatable bonds is 3. The van der Waals surface area contributed by atoms with Gasteiger partial charge in [-0.1, -0.05) is 30.0 Å². The topological polar surface area (TPSA) is 82.5 Å². The van der Waals surface area contributed by atoms with E-state index in [0.29, 0.717) is 10.6 Å². The fourth-order valence-corrected chi connectivity index (χ4v) is 3.15. The zero-order valence-corrected chi connectivity index (χ0v) is 13.8. The number of benzene rings is 1. The van der Waals surface area contributed by atoms with Crippen molar-refractivity contribution in [3.8, 4) is 5.75 Å². The van der Waals surface area contributed by atoms with Gasteiger partial charge in [-0.05, 0) is 42.6 Å². The van der Waals surface area contributed by atoms with Crippen LogP contribution in [0.2, 0.25) is 0 Å². The van der Waals surface area contributed by atoms with Crippen molar-refractivity contribution in [3.63, 3.8) is 0 Å². The average molecular weight is 357 g/mol. The van der Waals surface area contributed by atoms with Gasteiger partial charge in [0, 0.05) is 6.20 Å². The minimum atomic E-state index is -0.622. The largest absolute Gasteiger partial charge is 0.507 e. The smallest absolute Gasteiger partial charge is 0.285 e. The highest BCUT2D eigenvalue weighted by atomic mass is 32.2. The number of amides is 2. The number of hydrogen-bond acceptors (Lipinski definition) is 6. The lowest BCUT2D eigenvalue weighted by Crippen LogP contribution is -2.44. The van der Waals surface area contributed by atoms with Crippen molar-refractivity contribution < 1.29 is 14.7 Å². The molecule has 0 bridgehead atoms. The Hall–Kier alpha value is -2.71. The van der Waals surface area contributed by atoms with Gasteiger partial charge in [0.1, 0.15) is 5.75 Å². The molecule has 2 heterocycles. The molecule has 2 amide bonds. The second-order valence-electron chi connectivity index (χ2n) is 4.73. The minimum Gasteiger partial charge on any atom is -0.507 e. The fourth-order valence-electron chi connectivity index (χ4n) is 1.99. The van der Waals surface area contributed by atoms with Crippen LogP contribution in [-0.4, -0.2) is 31.2 Å². The van der Waals surface area contributed by atoms with E-state index in [-0.39, 0.29) is 15.6 Å². The van der Waals surface area contributed by atoms with E-state index in [1.807, 2.05) is 0 Å². The first-order valence-electron chi connectivity index (χ1n) is 6.84. The summed E-state index contributed by atoms with van der Waals surface area (Å²) in [5.74, 6) is -1.24. The standard InChI is InChI=1S/C16H11N3O3S2/c20-12-7-2-1-6-11(12)14(21)18-19-15(22)13(24-16(19)23)9-10-5-3-4-8-17-10/h1-9,20H,(H,18,21)/b13-9-. The lowest BCUT2D eigenvalue weighted by atomic mass is 10.2. The van der Waals surface area contributed by atoms with Crippen LogP contribution in [0.1, 0.15) is 16.1 Å². The van der Waals surface area contributed by atoms with Gasteiger partial charge in [0.15, 0.2) is 4.32 Å². The number of para-hydroxylation sites is 1. The Bertz CT molecular complexity index is 853. The molecule has 0 saturated carbocycles. The molecular weight excluding hydrogens is 346 g/mol. The summed E-state index contributed by atoms with van der Waals surface area (Å²) in [7, 11) is 0. The molecule has 6 nitrogen and oxygen atoms in total. The maximum atomic E-state index is 12.4. The number of aromatic nitrogens is 1. The molecule has 0 atom stereocenters. The number of thiocarbonyl (C=S) groups is 1. The third kappa shape index (κ3) is 3.29. The summed E-state index contributed by atoms with van der Waals surface area (Å²) in [6.07, 6.45) is 3.22. The average Bonchev–Trinajstić information content (AvgIpc) is 2.83. The number of hydrazine groups is 1. The number of carbonyl (C=O) groups is 2. The van der Waals surface area contributed by atoms with E-state index >= 15 is 0 Å². The first-order valence-corrected chi connectivity index (χ1v) is 8.06. The van der Waals surface area contributed by atoms with Gasteiger partial charge in [-0.3, -0.25) is 20.0 Å². The lowest BCUT2D eigenvalue weighted by Gasteiger charge is -2.15. The van der Waals surface area contributed by atoms with E-state index in [1.54, 1.807) is 42.6 Å². The summed E-state index contributed by atoms with van der Waals surface area (Å²) in [5.41, 5.74) is 3.08. The second kappa shape index (κ2) is 6.81. The van der Waals surface area contributed by atoms with E-state index in [2.05, 4.69) is 10.4 Å². The number of hydrogen-bond donors (Lipinski definition) is 2. The normalized spacial score (nSPS) is 15.8. The molecule has 2 aromatic rings. The number of carbonyl (C=O) groups excluding carboxylic acids is 2. The van der Waals surface area contributed by atoms with Gasteiger partial charge in [-0.25, -0.2) is 0 Å². The van der Waals surface area contributed by atoms with Crippen molar-refractivity contribution in [1.29, 1.82) is 0 Å². The molecule has 0 spiro atoms. The van der Waals surface area contributed by atoms with Crippen LogP contribution in [0.5, 0.6) is 5.75 Å². The Labute approximate surface area is 147 Å². The Balaban J connectivity index is 1.79. The summed E-state index contributed by atoms with van der Waals surface area (Å²) in [5, 5.41) is 10.7. The molecule has 0 aliphatic carbocycles. The fraction of sp³-hybridized carbons (Fsp3) is 0. The molecule has 8 heteroatoms. The molecule has 0 radical (unpaired) electrons. The van der Waals surface area contributed by atoms with Crippen LogP contribution in [0.3, 0.4) is 0 Å². The molecule has 24 heavy (non-hydrogen) atoms. The third-order valence-electron chi connectivity index (χ3n) is 3.12. The van der Waals surface area contributed by atoms with E-state index in [4.69, 9.17) is 12.2 Å². The third-order valence-corrected chi connectivity index (χ3v) is 4.42. The number of nitrogens with zero attached hydrogens (tertiary/aromatic N) is 2. The zero-order valence-electron chi connectivity index (χ0n) is 12.2. The van der Waals surface area contributed by atoms with Gasteiger partial charge in [0.25, 0.3) is 11.8 Å². The van der Waals surface area contributed by atoms with E-state index < -0.39 is 11.8 Å². The van der Waals surface area contributed by atoms with Crippen LogP contribution in [-0.2, 0) is 4.79 Å². The van der Waals surface area contributed by atoms with Crippen LogP contribution in [0.25, 0.3) is 6.08 Å². The molecule has 0 unspecified atom stereocenters. The molecule has 1 aromatic heterocycles. The van der Waals surface area contributed by atoms with E-state index in [1.165, 1.54) is 12.1 Å². The summed E-state index contributed by atoms with van der Waals surface area (Å²) >= 11 is 6.21. The molecule has 2 N–H and O–H groups in total. The van der Waals surface area contributed by atoms with Gasteiger partial charge in [-0.2, -0.15) is 5.01 Å². The molecule has 1 aliphatic rings. The summed E-state index contributed by atoms with van der Waals surface area (Å²) in [6.45, 7) is 0. The Kier molecular flexibility index (Phi) is 4.59. The predicted molar refractivity (Wildman–Crippen MR) is 94.8 cm³/mol. The number of pyridine rings is 1. The number of phenolic OH excluding ortho intramolecular Hbond substituents is 1. The van der Waals surface area contributed by atoms with Gasteiger partial charge in [0.2, 0.25) is 0 Å². The monoisotopic (exact) mass is 357 g/mol. The summed E-state index contributed by atoms with van der Waals surface area (Å²) in [6, 6.07) is 11.4. The van der Waals surface area contributed by atoms with Crippen molar-refractivity contribution in [3.05, 3.63) is 64.8 Å². The van der Waals surface area contributed by atoms with Gasteiger partial charge in [0.05, 0.1) is 16.2 Å². The van der Waals surface area contributed by atoms with Crippen LogP contribution in [0.15, 0.2) is 53.6 Å². The molecule has 1 saturated heterocycles. The number of nitrogens with one attached hydrogen (secondary N) is 1. The van der Waals surface area contributed by atoms with E-state index in [0.717, 1.165) is 16.8 Å². The first-order chi connectivity index (χ1) is 11.6. The molecule has 120 valence electrons. The highest BCUT2D eigenvalue weighted by Crippen LogP contribution is 2.31. The van der Waals surface area contributed by atoms with Crippen LogP contribution in [0.4, 0.5) is 0 Å². The Morgan fingerprint density at radius 3 is 2.71 bits per heavy atom. The van der Waals surface area contributed by atoms with Crippen molar-refractivity contribution in [2.75, 3.05) is 0 Å². The maximum absolute atomic E-state index is 12.4. The number of phenols is 1. The number of thioether (sulfide) groups is 1. The van der Waals surface area contributed by atoms with Crippen LogP contribution in [0, 0.1) is 0 Å². The highest BCUT2D eigenvalue weighted by Gasteiger charge is 2.34. The van der Waals surface area contributed by atoms with Crippen LogP contribution >= 0.6 is 24.0 Å². The molecule has 1 aliphatic heterocycles. The quantitative estimate of drug-likeness (QED) is 0.648. The minimum absolute atomic E-state index is 0.0558. The lowest BCUT2D eigenvalue weighted by molar-refractivity contribution is -0.123. The zero-order chi connectivity index (χ0) is 17.1. The van der Waals surface area contributed by atoms with E-state index in [9.17, 15) is 14.7 Å². The molecule has 1 fully saturated rings. The van der Waals surface area contributed by atoms with Gasteiger partial charge < -0.3 is 5.11 Å². The predicted octanol–water partition coefficient (Wildman–Crippen LogP) is 2.33. The first kappa shape index (κ1) is 16.2. The molecular formula is C16H11N3O3S2. The van der Waals surface area contributed by atoms with Crippen molar-refractivity contribution in [2.45, 2.75) is 0 Å². The van der Waals surface area contributed by atoms with Crippen molar-refractivity contribution in [1.82, 2.24) is 15.4 Å². The molecule has 1 aromatic carbocycles. The second-order valence-corrected chi connectivity index (χ2v) is 6.41. The van der Waals surface area contributed by atoms with Crippen molar-refractivity contribution >= 4 is 46.2 Å². The highest BCUT2D eigenvalue weighted by molar-refractivity contribution is 8.26. The Morgan fingerprint density at radius 1 is 1.25 bits per heavy atom. The maximum Gasteiger partial charge on any atom is 0.285 e. The molecule has 3 rings (SSSR count). The Morgan fingerprint density at radius 2 is 2.00 bits per heavy atom. The summed E-state index contributed by atoms with van der Waals surface area (Å²) < 4.78 is 0.200. The number of aromatic hydroxyl groups is 1. The van der Waals surface area contributed by atoms with Crippen LogP contribution < -0.4 is 5.43 Å². The van der Waals surface area contributed by atoms with Crippen molar-refractivity contribution in [2.24, 2.45) is 0 Å². The van der Waals surface area contributed by atoms with Gasteiger partial charge in [-0.15, -0.1) is 0 Å².